The number of aromatic hydroxyl groups is 1. The van der Waals surface area contributed by atoms with Crippen molar-refractivity contribution in [1.29, 1.82) is 0 Å². The minimum Gasteiger partial charge on any atom is -0.871 e. The minimum absolute atomic E-state index is 0. The number of carbonyl (C=O) groups is 2. The second-order valence-corrected chi connectivity index (χ2v) is 9.31. The number of benzene rings is 6. The van der Waals surface area contributed by atoms with Gasteiger partial charge in [-0.3, -0.25) is 0 Å². The number of carboxylic acid groups (broad SMARTS) is 2. The van der Waals surface area contributed by atoms with Crippen molar-refractivity contribution < 1.29 is 30.0 Å². The molecule has 0 fully saturated rings. The second-order valence-electron chi connectivity index (χ2n) is 9.31. The molecule has 0 aromatic heterocycles. The van der Waals surface area contributed by atoms with Crippen LogP contribution in [0.1, 0.15) is 20.7 Å². The van der Waals surface area contributed by atoms with Crippen LogP contribution in [0.4, 0.5) is 22.7 Å². The van der Waals surface area contributed by atoms with Gasteiger partial charge in [0, 0.05) is 16.3 Å². The first-order valence-electron chi connectivity index (χ1n) is 13.2. The van der Waals surface area contributed by atoms with Gasteiger partial charge in [-0.15, -0.1) is 15.3 Å². The van der Waals surface area contributed by atoms with Gasteiger partial charge in [0.15, 0.2) is 0 Å². The van der Waals surface area contributed by atoms with Crippen LogP contribution in [0.5, 0.6) is 11.5 Å². The number of rotatable bonds is 6. The first-order chi connectivity index (χ1) is 21.3. The summed E-state index contributed by atoms with van der Waals surface area (Å²) in [5.74, 6) is -2.69. The smallest absolute Gasteiger partial charge is 0.871 e. The van der Waals surface area contributed by atoms with Crippen LogP contribution in [0.3, 0.4) is 0 Å². The molecule has 0 radical (unpaired) electrons. The van der Waals surface area contributed by atoms with E-state index in [2.05, 4.69) is 20.5 Å². The van der Waals surface area contributed by atoms with Gasteiger partial charge in [0.1, 0.15) is 17.1 Å². The molecule has 0 saturated carbocycles. The Kier molecular flexibility index (Phi) is 11.2. The van der Waals surface area contributed by atoms with Gasteiger partial charge in [-0.2, -0.15) is 5.11 Å². The largest absolute Gasteiger partial charge is 2.00 e. The van der Waals surface area contributed by atoms with Gasteiger partial charge in [-0.1, -0.05) is 103 Å². The predicted molar refractivity (Wildman–Crippen MR) is 167 cm³/mol. The van der Waals surface area contributed by atoms with Gasteiger partial charge in [0.05, 0.1) is 22.9 Å². The van der Waals surface area contributed by atoms with E-state index in [1.54, 1.807) is 60.7 Å². The Balaban J connectivity index is 0.000000200. The quantitative estimate of drug-likeness (QED) is 0.139. The van der Waals surface area contributed by atoms with E-state index in [1.807, 2.05) is 36.4 Å². The van der Waals surface area contributed by atoms with Crippen LogP contribution >= 0.6 is 0 Å². The number of phenols is 1. The SMILES string of the molecule is O=C(O)c1ccccc1N=Nc1c(O)ccc2ccccc12.O=C([O-])c1ccccc1N=Nc1c([O-])ccc2ccccc12.[Ba+2]. The number of aromatic carboxylic acids is 2. The number of fused-ring (bicyclic) bond motifs is 2. The third-order valence-corrected chi connectivity index (χ3v) is 6.52. The summed E-state index contributed by atoms with van der Waals surface area (Å²) in [6, 6.07) is 33.6. The average Bonchev–Trinajstić information content (AvgIpc) is 3.04. The zero-order valence-electron chi connectivity index (χ0n) is 23.6. The molecule has 0 amide bonds. The number of azo groups is 2. The summed E-state index contributed by atoms with van der Waals surface area (Å²) in [4.78, 5) is 22.2. The molecule has 216 valence electrons. The van der Waals surface area contributed by atoms with Crippen LogP contribution < -0.4 is 10.2 Å². The molecule has 0 saturated heterocycles. The molecular weight excluding hydrogens is 698 g/mol. The molecule has 6 aromatic carbocycles. The molecule has 10 nitrogen and oxygen atoms in total. The summed E-state index contributed by atoms with van der Waals surface area (Å²) in [6.45, 7) is 0. The van der Waals surface area contributed by atoms with Gasteiger partial charge in [-0.25, -0.2) is 4.79 Å². The summed E-state index contributed by atoms with van der Waals surface area (Å²) in [5.41, 5.74) is 0.881. The van der Waals surface area contributed by atoms with Gasteiger partial charge in [0.25, 0.3) is 0 Å². The molecule has 0 unspecified atom stereocenters. The summed E-state index contributed by atoms with van der Waals surface area (Å²) in [6.07, 6.45) is 0. The fraction of sp³-hybridized carbons (Fsp3) is 0. The van der Waals surface area contributed by atoms with Crippen molar-refractivity contribution in [1.82, 2.24) is 0 Å². The summed E-state index contributed by atoms with van der Waals surface area (Å²) >= 11 is 0. The van der Waals surface area contributed by atoms with E-state index in [-0.39, 0.29) is 88.6 Å². The molecule has 0 aliphatic heterocycles. The summed E-state index contributed by atoms with van der Waals surface area (Å²) in [5, 5.41) is 61.3. The van der Waals surface area contributed by atoms with Crippen LogP contribution in [0.2, 0.25) is 0 Å². The monoisotopic (exact) mass is 720 g/mol. The Morgan fingerprint density at radius 1 is 0.556 bits per heavy atom. The van der Waals surface area contributed by atoms with E-state index in [9.17, 15) is 24.9 Å². The van der Waals surface area contributed by atoms with E-state index >= 15 is 0 Å². The molecule has 0 bridgehead atoms. The molecule has 6 aromatic rings. The van der Waals surface area contributed by atoms with Crippen molar-refractivity contribution >= 4 is 105 Å². The van der Waals surface area contributed by atoms with Gasteiger partial charge >= 0.3 is 54.9 Å². The molecule has 11 heteroatoms. The molecule has 0 atom stereocenters. The third kappa shape index (κ3) is 7.82. The standard InChI is InChI=1S/2C17H12N2O3.Ba/c2*20-15-10-9-11-5-1-2-6-12(11)16(15)19-18-14-8-4-3-7-13(14)17(21)22;/h2*1-10,20H,(H,21,22);/q;;+2/p-2. The molecule has 2 N–H and O–H groups in total. The maximum atomic E-state index is 12.0. The maximum absolute atomic E-state index is 12.0. The molecule has 0 aliphatic carbocycles. The Bertz CT molecular complexity index is 1930. The van der Waals surface area contributed by atoms with Crippen LogP contribution in [0.25, 0.3) is 21.5 Å². The van der Waals surface area contributed by atoms with Crippen molar-refractivity contribution in [3.63, 3.8) is 0 Å². The predicted octanol–water partition coefficient (Wildman–Crippen LogP) is 6.97. The number of nitrogens with zero attached hydrogens (tertiary/aromatic N) is 4. The number of hydrogen-bond donors (Lipinski definition) is 2. The fourth-order valence-corrected chi connectivity index (χ4v) is 4.37. The number of hydrogen-bond acceptors (Lipinski definition) is 9. The number of phenolic OH excluding ortho intramolecular Hbond substituents is 1. The molecule has 0 spiro atoms. The second kappa shape index (κ2) is 15.2. The van der Waals surface area contributed by atoms with E-state index in [1.165, 1.54) is 24.3 Å². The van der Waals surface area contributed by atoms with Crippen LogP contribution in [0, 0.1) is 0 Å². The third-order valence-electron chi connectivity index (χ3n) is 6.52. The van der Waals surface area contributed by atoms with Crippen molar-refractivity contribution in [2.45, 2.75) is 0 Å². The normalized spacial score (nSPS) is 10.8. The van der Waals surface area contributed by atoms with E-state index in [4.69, 9.17) is 5.11 Å². The number of carbonyl (C=O) groups excluding carboxylic acids is 1. The van der Waals surface area contributed by atoms with Gasteiger partial charge < -0.3 is 25.2 Å². The molecule has 0 aliphatic rings. The maximum Gasteiger partial charge on any atom is 2.00 e. The zero-order chi connectivity index (χ0) is 31.1. The summed E-state index contributed by atoms with van der Waals surface area (Å²) in [7, 11) is 0. The fourth-order valence-electron chi connectivity index (χ4n) is 4.37. The Morgan fingerprint density at radius 2 is 1.02 bits per heavy atom. The number of carboxylic acids is 2. The molecule has 0 heterocycles. The average molecular weight is 720 g/mol. The molecular formula is C34H22BaN4O6. The topological polar surface area (TPSA) is 170 Å². The molecule has 6 rings (SSSR count). The van der Waals surface area contributed by atoms with Crippen molar-refractivity contribution in [2.24, 2.45) is 20.5 Å². The zero-order valence-corrected chi connectivity index (χ0v) is 28.0. The Labute approximate surface area is 297 Å². The van der Waals surface area contributed by atoms with Crippen LogP contribution in [-0.2, 0) is 0 Å². The summed E-state index contributed by atoms with van der Waals surface area (Å²) < 4.78 is 0. The van der Waals surface area contributed by atoms with Crippen molar-refractivity contribution in [2.75, 3.05) is 0 Å². The van der Waals surface area contributed by atoms with E-state index in [0.717, 1.165) is 16.2 Å². The Morgan fingerprint density at radius 3 is 1.62 bits per heavy atom. The first kappa shape index (κ1) is 33.1. The van der Waals surface area contributed by atoms with Crippen LogP contribution in [-0.4, -0.2) is 71.0 Å². The van der Waals surface area contributed by atoms with E-state index in [0.29, 0.717) is 11.1 Å². The van der Waals surface area contributed by atoms with E-state index < -0.39 is 11.9 Å². The van der Waals surface area contributed by atoms with Crippen molar-refractivity contribution in [3.05, 3.63) is 132 Å². The first-order valence-corrected chi connectivity index (χ1v) is 13.2. The molecule has 45 heavy (non-hydrogen) atoms. The Hall–Kier alpha value is -4.85. The minimum atomic E-state index is -1.34. The van der Waals surface area contributed by atoms with Gasteiger partial charge in [-0.05, 0) is 35.0 Å². The van der Waals surface area contributed by atoms with Crippen LogP contribution in [0.15, 0.2) is 142 Å². The van der Waals surface area contributed by atoms with Crippen molar-refractivity contribution in [3.8, 4) is 11.5 Å². The van der Waals surface area contributed by atoms with Gasteiger partial charge in [0.2, 0.25) is 0 Å².